The van der Waals surface area contributed by atoms with Gasteiger partial charge in [0.25, 0.3) is 10.1 Å². The van der Waals surface area contributed by atoms with E-state index in [-0.39, 0.29) is 62.0 Å². The minimum atomic E-state index is -4.79. The van der Waals surface area contributed by atoms with E-state index in [0.29, 0.717) is 12.8 Å². The van der Waals surface area contributed by atoms with Crippen molar-refractivity contribution in [1.82, 2.24) is 0 Å². The van der Waals surface area contributed by atoms with Crippen LogP contribution in [0.2, 0.25) is 0 Å². The molecule has 0 amide bonds. The maximum Gasteiger partial charge on any atom is 1.00 e. The van der Waals surface area contributed by atoms with Crippen molar-refractivity contribution in [2.24, 2.45) is 0 Å². The van der Waals surface area contributed by atoms with Crippen LogP contribution in [-0.4, -0.2) is 41.4 Å². The standard InChI is InChI=1S/C12H22O7S.2Na.2H/c1-3-5-6-7-9(4-2)19-12(15)10(8-11(13)14)20(16,17)18;;;;/h9-10H,3-8H2,1-2H3,(H,13,14)(H,16,17,18);;;;/q;2*+1;2*-1. The first-order valence-corrected chi connectivity index (χ1v) is 8.11. The summed E-state index contributed by atoms with van der Waals surface area (Å²) in [4.78, 5) is 22.2. The Morgan fingerprint density at radius 2 is 1.73 bits per heavy atom. The molecule has 22 heavy (non-hydrogen) atoms. The number of carboxylic acids is 1. The molecule has 2 atom stereocenters. The zero-order valence-electron chi connectivity index (χ0n) is 15.7. The molecule has 0 saturated heterocycles. The van der Waals surface area contributed by atoms with Gasteiger partial charge in [-0.15, -0.1) is 0 Å². The van der Waals surface area contributed by atoms with Gasteiger partial charge in [-0.3, -0.25) is 14.1 Å². The van der Waals surface area contributed by atoms with E-state index in [2.05, 4.69) is 0 Å². The fourth-order valence-corrected chi connectivity index (χ4v) is 2.33. The fourth-order valence-electron chi connectivity index (χ4n) is 1.68. The Hall–Kier alpha value is 0.850. The molecule has 7 nitrogen and oxygen atoms in total. The third-order valence-electron chi connectivity index (χ3n) is 2.85. The molecule has 0 spiro atoms. The van der Waals surface area contributed by atoms with Crippen LogP contribution >= 0.6 is 0 Å². The average Bonchev–Trinajstić information content (AvgIpc) is 2.33. The summed E-state index contributed by atoms with van der Waals surface area (Å²) >= 11 is 0. The van der Waals surface area contributed by atoms with Crippen molar-refractivity contribution >= 4 is 22.1 Å². The van der Waals surface area contributed by atoms with Crippen LogP contribution in [0.5, 0.6) is 0 Å². The molecule has 0 aliphatic carbocycles. The predicted molar refractivity (Wildman–Crippen MR) is 74.1 cm³/mol. The Balaban J connectivity index is -0.000000301. The van der Waals surface area contributed by atoms with Crippen LogP contribution in [0.1, 0.15) is 55.2 Å². The van der Waals surface area contributed by atoms with E-state index < -0.39 is 39.8 Å². The zero-order valence-corrected chi connectivity index (χ0v) is 18.6. The first-order valence-electron chi connectivity index (χ1n) is 6.60. The third kappa shape index (κ3) is 12.3. The number of aliphatic carboxylic acids is 1. The normalized spacial score (nSPS) is 13.2. The van der Waals surface area contributed by atoms with Crippen LogP contribution in [0.4, 0.5) is 0 Å². The van der Waals surface area contributed by atoms with Gasteiger partial charge in [-0.25, -0.2) is 0 Å². The Kier molecular flexibility index (Phi) is 17.9. The molecule has 0 aromatic carbocycles. The summed E-state index contributed by atoms with van der Waals surface area (Å²) in [6.45, 7) is 3.80. The second-order valence-corrected chi connectivity index (χ2v) is 6.16. The number of hydrogen-bond acceptors (Lipinski definition) is 5. The summed E-state index contributed by atoms with van der Waals surface area (Å²) in [6.07, 6.45) is 2.40. The number of carbonyl (C=O) groups excluding carboxylic acids is 1. The maximum atomic E-state index is 11.7. The number of ether oxygens (including phenoxy) is 1. The largest absolute Gasteiger partial charge is 1.00 e. The van der Waals surface area contributed by atoms with Gasteiger partial charge in [-0.1, -0.05) is 26.7 Å². The molecule has 0 radical (unpaired) electrons. The number of rotatable bonds is 10. The third-order valence-corrected chi connectivity index (χ3v) is 3.93. The molecule has 0 aromatic heterocycles. The Morgan fingerprint density at radius 1 is 1.18 bits per heavy atom. The minimum Gasteiger partial charge on any atom is -1.00 e. The van der Waals surface area contributed by atoms with Gasteiger partial charge in [0.05, 0.1) is 6.42 Å². The zero-order chi connectivity index (χ0) is 15.8. The Labute approximate surface area is 178 Å². The van der Waals surface area contributed by atoms with Crippen LogP contribution in [0, 0.1) is 0 Å². The fraction of sp³-hybridized carbons (Fsp3) is 0.833. The van der Waals surface area contributed by atoms with Crippen LogP contribution < -0.4 is 59.1 Å². The van der Waals surface area contributed by atoms with Gasteiger partial charge in [0.2, 0.25) is 0 Å². The molecule has 0 aromatic rings. The van der Waals surface area contributed by atoms with E-state index in [4.69, 9.17) is 14.4 Å². The summed E-state index contributed by atoms with van der Waals surface area (Å²) < 4.78 is 36.0. The molecule has 0 heterocycles. The summed E-state index contributed by atoms with van der Waals surface area (Å²) in [5.41, 5.74) is 0. The van der Waals surface area contributed by atoms with E-state index >= 15 is 0 Å². The molecule has 0 aliphatic heterocycles. The van der Waals surface area contributed by atoms with Gasteiger partial charge >= 0.3 is 71.1 Å². The molecule has 2 N–H and O–H groups in total. The molecule has 0 fully saturated rings. The van der Waals surface area contributed by atoms with Crippen molar-refractivity contribution in [3.8, 4) is 0 Å². The van der Waals surface area contributed by atoms with Crippen molar-refractivity contribution < 1.29 is 94.4 Å². The number of esters is 1. The van der Waals surface area contributed by atoms with Gasteiger partial charge in [0, 0.05) is 0 Å². The van der Waals surface area contributed by atoms with Gasteiger partial charge in [-0.2, -0.15) is 8.42 Å². The van der Waals surface area contributed by atoms with Crippen molar-refractivity contribution in [1.29, 1.82) is 0 Å². The van der Waals surface area contributed by atoms with E-state index in [9.17, 15) is 18.0 Å². The van der Waals surface area contributed by atoms with E-state index in [1.807, 2.05) is 6.92 Å². The van der Waals surface area contributed by atoms with Crippen molar-refractivity contribution in [2.75, 3.05) is 0 Å². The summed E-state index contributed by atoms with van der Waals surface area (Å²) in [5.74, 6) is -2.71. The quantitative estimate of drug-likeness (QED) is 0.176. The minimum absolute atomic E-state index is 0. The Morgan fingerprint density at radius 3 is 2.09 bits per heavy atom. The van der Waals surface area contributed by atoms with Crippen LogP contribution in [0.3, 0.4) is 0 Å². The molecule has 0 saturated carbocycles. The van der Waals surface area contributed by atoms with Crippen LogP contribution in [0.25, 0.3) is 0 Å². The second-order valence-electron chi connectivity index (χ2n) is 4.56. The molecular weight excluding hydrogens is 334 g/mol. The van der Waals surface area contributed by atoms with Crippen molar-refractivity contribution in [2.45, 2.75) is 63.7 Å². The molecular formula is C12H24Na2O7S. The number of hydrogen-bond donors (Lipinski definition) is 2. The first-order chi connectivity index (χ1) is 9.22. The SMILES string of the molecule is CCCCCC(CC)OC(=O)C(CC(=O)O)S(=O)(=O)O.[H-].[H-].[Na+].[Na+]. The summed E-state index contributed by atoms with van der Waals surface area (Å²) in [6, 6.07) is 0. The van der Waals surface area contributed by atoms with Gasteiger partial charge < -0.3 is 12.7 Å². The maximum absolute atomic E-state index is 11.7. The van der Waals surface area contributed by atoms with E-state index in [0.717, 1.165) is 19.3 Å². The van der Waals surface area contributed by atoms with Gasteiger partial charge in [0.1, 0.15) is 6.10 Å². The summed E-state index contributed by atoms with van der Waals surface area (Å²) in [5, 5.41) is 6.51. The van der Waals surface area contributed by atoms with E-state index in [1.165, 1.54) is 0 Å². The van der Waals surface area contributed by atoms with Crippen molar-refractivity contribution in [3.63, 3.8) is 0 Å². The van der Waals surface area contributed by atoms with Crippen LogP contribution in [-0.2, 0) is 24.4 Å². The smallest absolute Gasteiger partial charge is 1.00 e. The predicted octanol–water partition coefficient (Wildman–Crippen LogP) is -4.15. The molecule has 0 bridgehead atoms. The molecule has 0 aliphatic rings. The molecule has 10 heteroatoms. The number of carboxylic acid groups (broad SMARTS) is 1. The first kappa shape index (κ1) is 27.7. The average molecular weight is 358 g/mol. The molecule has 2 unspecified atom stereocenters. The molecule has 122 valence electrons. The summed E-state index contributed by atoms with van der Waals surface area (Å²) in [7, 11) is -4.79. The monoisotopic (exact) mass is 358 g/mol. The number of unbranched alkanes of at least 4 members (excludes halogenated alkanes) is 2. The van der Waals surface area contributed by atoms with Crippen molar-refractivity contribution in [3.05, 3.63) is 0 Å². The number of carbonyl (C=O) groups is 2. The van der Waals surface area contributed by atoms with Crippen LogP contribution in [0.15, 0.2) is 0 Å². The Bertz CT molecular complexity index is 435. The van der Waals surface area contributed by atoms with E-state index in [1.54, 1.807) is 6.92 Å². The topological polar surface area (TPSA) is 118 Å². The molecule has 0 rings (SSSR count). The van der Waals surface area contributed by atoms with Gasteiger partial charge in [0.15, 0.2) is 5.25 Å². The second kappa shape index (κ2) is 14.2. The van der Waals surface area contributed by atoms with Gasteiger partial charge in [-0.05, 0) is 19.3 Å².